The van der Waals surface area contributed by atoms with E-state index in [1.807, 2.05) is 10.6 Å². The molecule has 1 aromatic rings. The van der Waals surface area contributed by atoms with Crippen molar-refractivity contribution in [2.75, 3.05) is 5.32 Å². The number of benzene rings is 1. The van der Waals surface area contributed by atoms with E-state index in [1.165, 1.54) is 18.2 Å². The standard InChI is InChI=1S/C11H7Cl2N3O4/c12-4-1-2-5(13)6(3-4)14-8(17)7-9(18)15-11(20)16-10(7)19/h1-3,7H,(H,14,17)(H2,15,16,18,19,20). The number of urea groups is 1. The van der Waals surface area contributed by atoms with Gasteiger partial charge in [0, 0.05) is 5.02 Å². The summed E-state index contributed by atoms with van der Waals surface area (Å²) in [5, 5.41) is 6.46. The molecule has 2 rings (SSSR count). The molecule has 5 amide bonds. The maximum Gasteiger partial charge on any atom is 0.328 e. The molecule has 1 fully saturated rings. The number of hydrogen-bond acceptors (Lipinski definition) is 4. The van der Waals surface area contributed by atoms with E-state index < -0.39 is 29.7 Å². The zero-order valence-electron chi connectivity index (χ0n) is 9.70. The zero-order chi connectivity index (χ0) is 14.9. The molecule has 0 saturated carbocycles. The van der Waals surface area contributed by atoms with Gasteiger partial charge < -0.3 is 5.32 Å². The number of imide groups is 2. The predicted octanol–water partition coefficient (Wildman–Crippen LogP) is 0.914. The van der Waals surface area contributed by atoms with Gasteiger partial charge in [-0.1, -0.05) is 23.2 Å². The van der Waals surface area contributed by atoms with Crippen LogP contribution in [-0.4, -0.2) is 23.8 Å². The Hall–Kier alpha value is -2.12. The molecule has 0 bridgehead atoms. The van der Waals surface area contributed by atoms with Crippen LogP contribution in [0.4, 0.5) is 10.5 Å². The van der Waals surface area contributed by atoms with Gasteiger partial charge in [0.1, 0.15) is 0 Å². The summed E-state index contributed by atoms with van der Waals surface area (Å²) >= 11 is 11.6. The van der Waals surface area contributed by atoms with Crippen molar-refractivity contribution in [1.82, 2.24) is 10.6 Å². The third kappa shape index (κ3) is 2.89. The lowest BCUT2D eigenvalue weighted by atomic mass is 10.1. The van der Waals surface area contributed by atoms with Gasteiger partial charge in [-0.2, -0.15) is 0 Å². The lowest BCUT2D eigenvalue weighted by Crippen LogP contribution is -2.58. The van der Waals surface area contributed by atoms with Crippen molar-refractivity contribution in [3.8, 4) is 0 Å². The molecule has 0 atom stereocenters. The van der Waals surface area contributed by atoms with Crippen molar-refractivity contribution in [3.63, 3.8) is 0 Å². The molecule has 1 aromatic carbocycles. The largest absolute Gasteiger partial charge is 0.328 e. The van der Waals surface area contributed by atoms with Crippen LogP contribution in [0.15, 0.2) is 18.2 Å². The van der Waals surface area contributed by atoms with Gasteiger partial charge >= 0.3 is 6.03 Å². The monoisotopic (exact) mass is 315 g/mol. The number of carbonyl (C=O) groups is 4. The summed E-state index contributed by atoms with van der Waals surface area (Å²) in [5.41, 5.74) is 0.154. The van der Waals surface area contributed by atoms with Crippen LogP contribution in [0.1, 0.15) is 0 Å². The number of rotatable bonds is 2. The number of anilines is 1. The van der Waals surface area contributed by atoms with Crippen LogP contribution < -0.4 is 16.0 Å². The first kappa shape index (κ1) is 14.3. The summed E-state index contributed by atoms with van der Waals surface area (Å²) in [7, 11) is 0. The number of amides is 5. The first-order chi connectivity index (χ1) is 9.38. The second-order valence-electron chi connectivity index (χ2n) is 3.85. The maximum absolute atomic E-state index is 11.9. The highest BCUT2D eigenvalue weighted by Crippen LogP contribution is 2.26. The van der Waals surface area contributed by atoms with Crippen LogP contribution in [0.3, 0.4) is 0 Å². The molecule has 1 aliphatic rings. The molecule has 9 heteroatoms. The smallest absolute Gasteiger partial charge is 0.324 e. The molecule has 3 N–H and O–H groups in total. The number of nitrogens with one attached hydrogen (secondary N) is 3. The van der Waals surface area contributed by atoms with E-state index in [4.69, 9.17) is 23.2 Å². The normalized spacial score (nSPS) is 15.6. The van der Waals surface area contributed by atoms with E-state index in [-0.39, 0.29) is 10.7 Å². The minimum Gasteiger partial charge on any atom is -0.324 e. The fraction of sp³-hybridized carbons (Fsp3) is 0.0909. The highest BCUT2D eigenvalue weighted by molar-refractivity contribution is 6.36. The molecule has 0 unspecified atom stereocenters. The fourth-order valence-corrected chi connectivity index (χ4v) is 1.89. The topological polar surface area (TPSA) is 104 Å². The van der Waals surface area contributed by atoms with Gasteiger partial charge in [0.2, 0.25) is 17.7 Å². The van der Waals surface area contributed by atoms with Crippen LogP contribution in [0.5, 0.6) is 0 Å². The van der Waals surface area contributed by atoms with Crippen LogP contribution in [0.2, 0.25) is 10.0 Å². The Morgan fingerprint density at radius 1 is 1.10 bits per heavy atom. The molecule has 7 nitrogen and oxygen atoms in total. The molecular formula is C11H7Cl2N3O4. The Morgan fingerprint density at radius 3 is 2.30 bits per heavy atom. The van der Waals surface area contributed by atoms with Gasteiger partial charge in [-0.25, -0.2) is 4.79 Å². The van der Waals surface area contributed by atoms with Gasteiger partial charge in [0.25, 0.3) is 0 Å². The second kappa shape index (κ2) is 5.48. The van der Waals surface area contributed by atoms with Crippen molar-refractivity contribution in [1.29, 1.82) is 0 Å². The van der Waals surface area contributed by atoms with Gasteiger partial charge in [-0.15, -0.1) is 0 Å². The molecule has 1 saturated heterocycles. The molecule has 0 spiro atoms. The summed E-state index contributed by atoms with van der Waals surface area (Å²) < 4.78 is 0. The van der Waals surface area contributed by atoms with E-state index in [1.54, 1.807) is 0 Å². The van der Waals surface area contributed by atoms with Crippen molar-refractivity contribution in [2.45, 2.75) is 0 Å². The van der Waals surface area contributed by atoms with Crippen molar-refractivity contribution >= 4 is 52.6 Å². The van der Waals surface area contributed by atoms with Gasteiger partial charge in [-0.05, 0) is 18.2 Å². The minimum absolute atomic E-state index is 0.154. The quantitative estimate of drug-likeness (QED) is 0.706. The fourth-order valence-electron chi connectivity index (χ4n) is 1.55. The van der Waals surface area contributed by atoms with E-state index in [9.17, 15) is 19.2 Å². The van der Waals surface area contributed by atoms with Crippen molar-refractivity contribution < 1.29 is 19.2 Å². The molecule has 0 aromatic heterocycles. The molecule has 0 aliphatic carbocycles. The Bertz CT molecular complexity index is 612. The first-order valence-corrected chi connectivity index (χ1v) is 6.05. The molecule has 0 radical (unpaired) electrons. The summed E-state index contributed by atoms with van der Waals surface area (Å²) in [5.74, 6) is -4.61. The molecule has 104 valence electrons. The SMILES string of the molecule is O=C1NC(=O)C(C(=O)Nc2cc(Cl)ccc2Cl)C(=O)N1. The molecule has 20 heavy (non-hydrogen) atoms. The Morgan fingerprint density at radius 2 is 1.70 bits per heavy atom. The average molecular weight is 316 g/mol. The van der Waals surface area contributed by atoms with Crippen LogP contribution >= 0.6 is 23.2 Å². The minimum atomic E-state index is -1.68. The Labute approximate surface area is 122 Å². The number of hydrogen-bond donors (Lipinski definition) is 3. The zero-order valence-corrected chi connectivity index (χ0v) is 11.2. The van der Waals surface area contributed by atoms with Gasteiger partial charge in [0.05, 0.1) is 10.7 Å². The summed E-state index contributed by atoms with van der Waals surface area (Å²) in [6, 6.07) is 3.36. The highest BCUT2D eigenvalue weighted by atomic mass is 35.5. The van der Waals surface area contributed by atoms with Crippen LogP contribution in [0.25, 0.3) is 0 Å². The second-order valence-corrected chi connectivity index (χ2v) is 4.70. The maximum atomic E-state index is 11.9. The highest BCUT2D eigenvalue weighted by Gasteiger charge is 2.40. The number of halogens is 2. The number of carbonyl (C=O) groups excluding carboxylic acids is 4. The van der Waals surface area contributed by atoms with Crippen LogP contribution in [-0.2, 0) is 14.4 Å². The lowest BCUT2D eigenvalue weighted by molar-refractivity contribution is -0.141. The van der Waals surface area contributed by atoms with E-state index in [2.05, 4.69) is 5.32 Å². The average Bonchev–Trinajstić information content (AvgIpc) is 2.32. The van der Waals surface area contributed by atoms with E-state index >= 15 is 0 Å². The third-order valence-electron chi connectivity index (χ3n) is 2.45. The summed E-state index contributed by atoms with van der Waals surface area (Å²) in [4.78, 5) is 45.8. The molecule has 1 heterocycles. The Kier molecular flexibility index (Phi) is 3.91. The van der Waals surface area contributed by atoms with Crippen LogP contribution in [0, 0.1) is 5.92 Å². The summed E-state index contributed by atoms with van der Waals surface area (Å²) in [6.07, 6.45) is 0. The van der Waals surface area contributed by atoms with Gasteiger partial charge in [-0.3, -0.25) is 25.0 Å². The van der Waals surface area contributed by atoms with Crippen molar-refractivity contribution in [3.05, 3.63) is 28.2 Å². The first-order valence-electron chi connectivity index (χ1n) is 5.30. The molecular weight excluding hydrogens is 309 g/mol. The van der Waals surface area contributed by atoms with E-state index in [0.717, 1.165) is 0 Å². The number of barbiturate groups is 1. The third-order valence-corrected chi connectivity index (χ3v) is 3.01. The van der Waals surface area contributed by atoms with Gasteiger partial charge in [0.15, 0.2) is 5.92 Å². The Balaban J connectivity index is 2.19. The summed E-state index contributed by atoms with van der Waals surface area (Å²) in [6.45, 7) is 0. The molecule has 1 aliphatic heterocycles. The lowest BCUT2D eigenvalue weighted by Gasteiger charge is -2.20. The predicted molar refractivity (Wildman–Crippen MR) is 70.3 cm³/mol. The van der Waals surface area contributed by atoms with Crippen molar-refractivity contribution in [2.24, 2.45) is 5.92 Å². The van der Waals surface area contributed by atoms with E-state index in [0.29, 0.717) is 5.02 Å².